The predicted octanol–water partition coefficient (Wildman–Crippen LogP) is 4.56. The molecule has 0 fully saturated rings. The summed E-state index contributed by atoms with van der Waals surface area (Å²) in [7, 11) is 1.57. The fourth-order valence-electron chi connectivity index (χ4n) is 4.09. The number of alkyl carbamates (subject to hydrolysis) is 1. The topological polar surface area (TPSA) is 108 Å². The highest BCUT2D eigenvalue weighted by Gasteiger charge is 2.36. The molecule has 0 saturated carbocycles. The summed E-state index contributed by atoms with van der Waals surface area (Å²) in [5, 5.41) is 15.4. The molecule has 0 aliphatic rings. The Kier molecular flexibility index (Phi) is 9.36. The van der Waals surface area contributed by atoms with Crippen molar-refractivity contribution < 1.29 is 24.2 Å². The van der Waals surface area contributed by atoms with E-state index in [4.69, 9.17) is 4.74 Å². The molecular formula is C29H41N3O5. The minimum Gasteiger partial charge on any atom is -0.508 e. The predicted molar refractivity (Wildman–Crippen MR) is 144 cm³/mol. The number of nitrogens with zero attached hydrogens (tertiary/aromatic N) is 1. The van der Waals surface area contributed by atoms with Crippen LogP contribution in [0.5, 0.6) is 5.75 Å². The van der Waals surface area contributed by atoms with Crippen LogP contribution in [0.4, 0.5) is 4.79 Å². The average molecular weight is 512 g/mol. The average Bonchev–Trinajstić information content (AvgIpc) is 2.74. The van der Waals surface area contributed by atoms with E-state index in [-0.39, 0.29) is 18.1 Å². The van der Waals surface area contributed by atoms with Crippen molar-refractivity contribution in [3.05, 3.63) is 64.7 Å². The summed E-state index contributed by atoms with van der Waals surface area (Å²) in [5.74, 6) is -0.671. The first-order chi connectivity index (χ1) is 17.0. The molecule has 2 unspecified atom stereocenters. The van der Waals surface area contributed by atoms with Crippen LogP contribution < -0.4 is 10.6 Å². The normalized spacial score (nSPS) is 13.3. The Morgan fingerprint density at radius 2 is 1.49 bits per heavy atom. The van der Waals surface area contributed by atoms with Gasteiger partial charge in [0.25, 0.3) is 0 Å². The third kappa shape index (κ3) is 8.81. The van der Waals surface area contributed by atoms with Gasteiger partial charge in [-0.25, -0.2) is 4.79 Å². The zero-order valence-electron chi connectivity index (χ0n) is 23.4. The molecule has 0 aliphatic heterocycles. The molecule has 8 heteroatoms. The number of hydrogen-bond acceptors (Lipinski definition) is 5. The van der Waals surface area contributed by atoms with E-state index in [1.807, 2.05) is 52.8 Å². The highest BCUT2D eigenvalue weighted by molar-refractivity contribution is 5.92. The second-order valence-electron chi connectivity index (χ2n) is 11.5. The van der Waals surface area contributed by atoms with E-state index in [0.717, 1.165) is 22.3 Å². The standard InChI is InChI=1S/C29H41N3O5/c1-18-11-10-12-19(2)23(18)24(25(34)31-28(3,4)5)32(9)26(35)22(30-27(36)37-29(6,7)8)17-20-13-15-21(33)16-14-20/h10-16,22,24,33H,17H2,1-9H3,(H,30,36)(H,31,34). The van der Waals surface area contributed by atoms with E-state index in [0.29, 0.717) is 0 Å². The molecule has 0 saturated heterocycles. The van der Waals surface area contributed by atoms with Crippen LogP contribution in [-0.2, 0) is 20.7 Å². The number of amides is 3. The van der Waals surface area contributed by atoms with E-state index >= 15 is 0 Å². The van der Waals surface area contributed by atoms with Crippen molar-refractivity contribution in [2.75, 3.05) is 7.05 Å². The van der Waals surface area contributed by atoms with Gasteiger partial charge >= 0.3 is 6.09 Å². The quantitative estimate of drug-likeness (QED) is 0.505. The van der Waals surface area contributed by atoms with Crippen molar-refractivity contribution in [3.8, 4) is 5.75 Å². The third-order valence-corrected chi connectivity index (χ3v) is 5.66. The van der Waals surface area contributed by atoms with Gasteiger partial charge < -0.3 is 25.4 Å². The lowest BCUT2D eigenvalue weighted by Crippen LogP contribution is -2.54. The molecule has 2 rings (SSSR count). The monoisotopic (exact) mass is 511 g/mol. The second-order valence-corrected chi connectivity index (χ2v) is 11.5. The molecule has 8 nitrogen and oxygen atoms in total. The van der Waals surface area contributed by atoms with E-state index < -0.39 is 35.2 Å². The molecule has 0 heterocycles. The number of ether oxygens (including phenoxy) is 1. The lowest BCUT2D eigenvalue weighted by Gasteiger charge is -2.35. The number of carbonyl (C=O) groups excluding carboxylic acids is 3. The Hall–Kier alpha value is -3.55. The van der Waals surface area contributed by atoms with Gasteiger partial charge in [0.15, 0.2) is 0 Å². The molecule has 37 heavy (non-hydrogen) atoms. The van der Waals surface area contributed by atoms with Crippen LogP contribution in [0.15, 0.2) is 42.5 Å². The molecular weight excluding hydrogens is 470 g/mol. The summed E-state index contributed by atoms with van der Waals surface area (Å²) in [6, 6.07) is 10.2. The Morgan fingerprint density at radius 3 is 1.97 bits per heavy atom. The summed E-state index contributed by atoms with van der Waals surface area (Å²) in [5.41, 5.74) is 1.95. The molecule has 2 aromatic carbocycles. The van der Waals surface area contributed by atoms with Gasteiger partial charge in [-0.1, -0.05) is 30.3 Å². The minimum atomic E-state index is -1.02. The fraction of sp³-hybridized carbons (Fsp3) is 0.483. The first-order valence-corrected chi connectivity index (χ1v) is 12.4. The van der Waals surface area contributed by atoms with Gasteiger partial charge in [-0.15, -0.1) is 0 Å². The number of nitrogens with one attached hydrogen (secondary N) is 2. The van der Waals surface area contributed by atoms with Gasteiger partial charge in [-0.3, -0.25) is 9.59 Å². The molecule has 0 aliphatic carbocycles. The van der Waals surface area contributed by atoms with Gasteiger partial charge in [0.1, 0.15) is 23.4 Å². The van der Waals surface area contributed by atoms with E-state index in [1.54, 1.807) is 40.0 Å². The van der Waals surface area contributed by atoms with E-state index in [1.165, 1.54) is 17.0 Å². The number of benzene rings is 2. The van der Waals surface area contributed by atoms with E-state index in [2.05, 4.69) is 10.6 Å². The van der Waals surface area contributed by atoms with Gasteiger partial charge in [-0.05, 0) is 89.8 Å². The van der Waals surface area contributed by atoms with Crippen LogP contribution in [0.25, 0.3) is 0 Å². The molecule has 3 amide bonds. The number of carbonyl (C=O) groups is 3. The molecule has 0 radical (unpaired) electrons. The smallest absolute Gasteiger partial charge is 0.408 e. The van der Waals surface area contributed by atoms with Crippen molar-refractivity contribution in [1.29, 1.82) is 0 Å². The highest BCUT2D eigenvalue weighted by atomic mass is 16.6. The summed E-state index contributed by atoms with van der Waals surface area (Å²) >= 11 is 0. The summed E-state index contributed by atoms with van der Waals surface area (Å²) in [4.78, 5) is 41.6. The lowest BCUT2D eigenvalue weighted by molar-refractivity contribution is -0.141. The van der Waals surface area contributed by atoms with Crippen LogP contribution >= 0.6 is 0 Å². The maximum Gasteiger partial charge on any atom is 0.408 e. The van der Waals surface area contributed by atoms with Gasteiger partial charge in [0.2, 0.25) is 11.8 Å². The molecule has 2 aromatic rings. The number of hydrogen-bond donors (Lipinski definition) is 3. The van der Waals surface area contributed by atoms with Crippen LogP contribution in [0.1, 0.15) is 69.8 Å². The SMILES string of the molecule is Cc1cccc(C)c1C(C(=O)NC(C)(C)C)N(C)C(=O)C(Cc1ccc(O)cc1)NC(=O)OC(C)(C)C. The lowest BCUT2D eigenvalue weighted by atomic mass is 9.93. The molecule has 202 valence electrons. The molecule has 2 atom stereocenters. The van der Waals surface area contributed by atoms with Crippen molar-refractivity contribution in [2.24, 2.45) is 0 Å². The Balaban J connectivity index is 2.50. The Bertz CT molecular complexity index is 1090. The Morgan fingerprint density at radius 1 is 0.946 bits per heavy atom. The third-order valence-electron chi connectivity index (χ3n) is 5.66. The fourth-order valence-corrected chi connectivity index (χ4v) is 4.09. The zero-order valence-corrected chi connectivity index (χ0v) is 23.4. The molecule has 0 aromatic heterocycles. The number of phenolic OH excluding ortho intramolecular Hbond substituents is 1. The number of rotatable bonds is 7. The van der Waals surface area contributed by atoms with E-state index in [9.17, 15) is 19.5 Å². The summed E-state index contributed by atoms with van der Waals surface area (Å²) in [6.07, 6.45) is -0.593. The summed E-state index contributed by atoms with van der Waals surface area (Å²) < 4.78 is 5.41. The number of aromatic hydroxyl groups is 1. The van der Waals surface area contributed by atoms with Crippen LogP contribution in [0, 0.1) is 13.8 Å². The van der Waals surface area contributed by atoms with Gasteiger partial charge in [-0.2, -0.15) is 0 Å². The van der Waals surface area contributed by atoms with Crippen LogP contribution in [-0.4, -0.2) is 52.1 Å². The number of phenols is 1. The van der Waals surface area contributed by atoms with Crippen molar-refractivity contribution >= 4 is 17.9 Å². The first-order valence-electron chi connectivity index (χ1n) is 12.4. The van der Waals surface area contributed by atoms with Crippen molar-refractivity contribution in [2.45, 2.75) is 85.0 Å². The molecule has 0 spiro atoms. The Labute approximate surface area is 220 Å². The van der Waals surface area contributed by atoms with Crippen molar-refractivity contribution in [1.82, 2.24) is 15.5 Å². The number of likely N-dealkylation sites (N-methyl/N-ethyl adjacent to an activating group) is 1. The molecule has 0 bridgehead atoms. The zero-order chi connectivity index (χ0) is 28.1. The van der Waals surface area contributed by atoms with Crippen LogP contribution in [0.3, 0.4) is 0 Å². The number of aryl methyl sites for hydroxylation is 2. The second kappa shape index (κ2) is 11.7. The van der Waals surface area contributed by atoms with Gasteiger partial charge in [0, 0.05) is 19.0 Å². The van der Waals surface area contributed by atoms with Crippen molar-refractivity contribution in [3.63, 3.8) is 0 Å². The maximum absolute atomic E-state index is 13.9. The highest BCUT2D eigenvalue weighted by Crippen LogP contribution is 2.28. The molecule has 3 N–H and O–H groups in total. The maximum atomic E-state index is 13.9. The summed E-state index contributed by atoms with van der Waals surface area (Å²) in [6.45, 7) is 14.7. The van der Waals surface area contributed by atoms with Crippen LogP contribution in [0.2, 0.25) is 0 Å². The largest absolute Gasteiger partial charge is 0.508 e. The first kappa shape index (κ1) is 29.7. The van der Waals surface area contributed by atoms with Gasteiger partial charge in [0.05, 0.1) is 0 Å². The minimum absolute atomic E-state index is 0.0952.